The predicted octanol–water partition coefficient (Wildman–Crippen LogP) is 4.16. The molecule has 0 bridgehead atoms. The molecule has 1 aromatic carbocycles. The van der Waals surface area contributed by atoms with Crippen molar-refractivity contribution in [2.45, 2.75) is 40.2 Å². The summed E-state index contributed by atoms with van der Waals surface area (Å²) >= 11 is 0. The number of aryl methyl sites for hydroxylation is 1. The molecule has 0 aliphatic carbocycles. The Morgan fingerprint density at radius 3 is 2.46 bits per heavy atom. The summed E-state index contributed by atoms with van der Waals surface area (Å²) in [6.07, 6.45) is 0.888. The van der Waals surface area contributed by atoms with Crippen molar-refractivity contribution in [3.63, 3.8) is 0 Å². The number of nitrogens with one attached hydrogen (secondary N) is 1. The Morgan fingerprint density at radius 1 is 1.08 bits per heavy atom. The highest BCUT2D eigenvalue weighted by Gasteiger charge is 2.21. The Bertz CT molecular complexity index is 833. The van der Waals surface area contributed by atoms with E-state index in [1.54, 1.807) is 4.52 Å². The summed E-state index contributed by atoms with van der Waals surface area (Å²) in [6.45, 7) is 8.42. The predicted molar refractivity (Wildman–Crippen MR) is 92.4 cm³/mol. The fourth-order valence-electron chi connectivity index (χ4n) is 2.71. The minimum atomic E-state index is -0.229. The minimum Gasteiger partial charge on any atom is -0.362 e. The molecule has 0 unspecified atom stereocenters. The maximum absolute atomic E-state index is 13.2. The van der Waals surface area contributed by atoms with E-state index in [1.807, 2.05) is 31.2 Å². The molecular formula is C18H22FN5. The van der Waals surface area contributed by atoms with E-state index in [0.29, 0.717) is 5.65 Å². The van der Waals surface area contributed by atoms with E-state index in [2.05, 4.69) is 41.4 Å². The van der Waals surface area contributed by atoms with E-state index in [4.69, 9.17) is 0 Å². The number of aromatic nitrogens is 4. The Morgan fingerprint density at radius 2 is 1.79 bits per heavy atom. The van der Waals surface area contributed by atoms with E-state index >= 15 is 0 Å². The first-order valence-corrected chi connectivity index (χ1v) is 8.03. The standard InChI is InChI=1S/C18H22FN5/c1-12-21-22-17-10-9-16(23-24(12)17)20-15(11-18(2,3)4)13-5-7-14(19)8-6-13/h5-10,15H,11H2,1-4H3,(H,20,23)/t15-/m0/s1. The van der Waals surface area contributed by atoms with Crippen LogP contribution < -0.4 is 5.32 Å². The number of rotatable bonds is 4. The van der Waals surface area contributed by atoms with Crippen LogP contribution in [0, 0.1) is 18.2 Å². The summed E-state index contributed by atoms with van der Waals surface area (Å²) in [5, 5.41) is 16.1. The molecule has 3 aromatic rings. The summed E-state index contributed by atoms with van der Waals surface area (Å²) in [6, 6.07) is 10.4. The number of anilines is 1. The van der Waals surface area contributed by atoms with Gasteiger partial charge in [0.2, 0.25) is 0 Å². The summed E-state index contributed by atoms with van der Waals surface area (Å²) < 4.78 is 15.0. The maximum Gasteiger partial charge on any atom is 0.178 e. The van der Waals surface area contributed by atoms with Gasteiger partial charge in [-0.1, -0.05) is 32.9 Å². The number of hydrogen-bond acceptors (Lipinski definition) is 4. The maximum atomic E-state index is 13.2. The monoisotopic (exact) mass is 327 g/mol. The zero-order chi connectivity index (χ0) is 17.3. The second-order valence-electron chi connectivity index (χ2n) is 7.25. The van der Waals surface area contributed by atoms with Crippen molar-refractivity contribution < 1.29 is 4.39 Å². The normalized spacial score (nSPS) is 13.2. The van der Waals surface area contributed by atoms with Crippen molar-refractivity contribution in [1.82, 2.24) is 19.8 Å². The first kappa shape index (κ1) is 16.4. The molecule has 2 heterocycles. The molecule has 0 saturated carbocycles. The number of hydrogen-bond donors (Lipinski definition) is 1. The smallest absolute Gasteiger partial charge is 0.178 e. The molecule has 0 fully saturated rings. The van der Waals surface area contributed by atoms with Gasteiger partial charge in [0.15, 0.2) is 11.5 Å². The number of nitrogens with zero attached hydrogens (tertiary/aromatic N) is 4. The molecule has 0 saturated heterocycles. The average molecular weight is 327 g/mol. The van der Waals surface area contributed by atoms with Gasteiger partial charge in [0.05, 0.1) is 6.04 Å². The van der Waals surface area contributed by atoms with Gasteiger partial charge >= 0.3 is 0 Å². The zero-order valence-electron chi connectivity index (χ0n) is 14.4. The fourth-order valence-corrected chi connectivity index (χ4v) is 2.71. The Balaban J connectivity index is 1.92. The Labute approximate surface area is 140 Å². The van der Waals surface area contributed by atoms with E-state index in [0.717, 1.165) is 23.6 Å². The van der Waals surface area contributed by atoms with Crippen LogP contribution in [0.25, 0.3) is 5.65 Å². The summed E-state index contributed by atoms with van der Waals surface area (Å²) in [7, 11) is 0. The van der Waals surface area contributed by atoms with Gasteiger partial charge < -0.3 is 5.32 Å². The highest BCUT2D eigenvalue weighted by molar-refractivity contribution is 5.45. The summed E-state index contributed by atoms with van der Waals surface area (Å²) in [4.78, 5) is 0. The number of benzene rings is 1. The summed E-state index contributed by atoms with van der Waals surface area (Å²) in [5.41, 5.74) is 1.86. The van der Waals surface area contributed by atoms with Crippen LogP contribution in [0.15, 0.2) is 36.4 Å². The van der Waals surface area contributed by atoms with Crippen LogP contribution in [0.3, 0.4) is 0 Å². The van der Waals surface area contributed by atoms with Gasteiger partial charge in [-0.2, -0.15) is 4.52 Å². The molecule has 24 heavy (non-hydrogen) atoms. The van der Waals surface area contributed by atoms with Gasteiger partial charge in [-0.3, -0.25) is 0 Å². The zero-order valence-corrected chi connectivity index (χ0v) is 14.4. The lowest BCUT2D eigenvalue weighted by Crippen LogP contribution is -2.19. The molecule has 126 valence electrons. The van der Waals surface area contributed by atoms with Gasteiger partial charge in [0.1, 0.15) is 11.6 Å². The first-order valence-electron chi connectivity index (χ1n) is 8.03. The van der Waals surface area contributed by atoms with Gasteiger partial charge in [-0.15, -0.1) is 15.3 Å². The molecule has 1 atom stereocenters. The SMILES string of the molecule is Cc1nnc2ccc(N[C@@H](CC(C)(C)C)c3ccc(F)cc3)nn12. The van der Waals surface area contributed by atoms with Crippen LogP contribution in [0.2, 0.25) is 0 Å². The van der Waals surface area contributed by atoms with Crippen molar-refractivity contribution in [3.05, 3.63) is 53.6 Å². The molecule has 6 heteroatoms. The molecule has 0 radical (unpaired) electrons. The van der Waals surface area contributed by atoms with Gasteiger partial charge in [0, 0.05) is 0 Å². The molecule has 0 aliphatic rings. The topological polar surface area (TPSA) is 55.1 Å². The molecule has 0 spiro atoms. The minimum absolute atomic E-state index is 0.0346. The molecule has 0 aliphatic heterocycles. The van der Waals surface area contributed by atoms with Crippen molar-refractivity contribution in [1.29, 1.82) is 0 Å². The highest BCUT2D eigenvalue weighted by atomic mass is 19.1. The first-order chi connectivity index (χ1) is 11.3. The van der Waals surface area contributed by atoms with E-state index in [9.17, 15) is 4.39 Å². The second-order valence-corrected chi connectivity index (χ2v) is 7.25. The van der Waals surface area contributed by atoms with Crippen LogP contribution in [-0.2, 0) is 0 Å². The van der Waals surface area contributed by atoms with E-state index < -0.39 is 0 Å². The highest BCUT2D eigenvalue weighted by Crippen LogP contribution is 2.32. The van der Waals surface area contributed by atoms with Crippen molar-refractivity contribution in [2.75, 3.05) is 5.32 Å². The lowest BCUT2D eigenvalue weighted by Gasteiger charge is -2.27. The Kier molecular flexibility index (Phi) is 4.22. The lowest BCUT2D eigenvalue weighted by atomic mass is 9.85. The molecule has 0 amide bonds. The van der Waals surface area contributed by atoms with Crippen molar-refractivity contribution >= 4 is 11.5 Å². The molecule has 2 aromatic heterocycles. The fraction of sp³-hybridized carbons (Fsp3) is 0.389. The average Bonchev–Trinajstić information content (AvgIpc) is 2.87. The second kappa shape index (κ2) is 6.19. The molecule has 1 N–H and O–H groups in total. The van der Waals surface area contributed by atoms with Crippen LogP contribution >= 0.6 is 0 Å². The molecule has 3 rings (SSSR count). The quantitative estimate of drug-likeness (QED) is 0.782. The lowest BCUT2D eigenvalue weighted by molar-refractivity contribution is 0.352. The van der Waals surface area contributed by atoms with Crippen LogP contribution in [0.1, 0.15) is 44.6 Å². The third-order valence-corrected chi connectivity index (χ3v) is 3.83. The summed E-state index contributed by atoms with van der Waals surface area (Å²) in [5.74, 6) is 1.25. The van der Waals surface area contributed by atoms with Crippen molar-refractivity contribution in [3.8, 4) is 0 Å². The van der Waals surface area contributed by atoms with E-state index in [-0.39, 0.29) is 17.3 Å². The number of halogens is 1. The van der Waals surface area contributed by atoms with Gasteiger partial charge in [-0.25, -0.2) is 4.39 Å². The largest absolute Gasteiger partial charge is 0.362 e. The van der Waals surface area contributed by atoms with Gasteiger partial charge in [-0.05, 0) is 48.6 Å². The van der Waals surface area contributed by atoms with Crippen LogP contribution in [0.5, 0.6) is 0 Å². The molecule has 5 nitrogen and oxygen atoms in total. The third-order valence-electron chi connectivity index (χ3n) is 3.83. The van der Waals surface area contributed by atoms with Crippen LogP contribution in [0.4, 0.5) is 10.2 Å². The van der Waals surface area contributed by atoms with Crippen molar-refractivity contribution in [2.24, 2.45) is 5.41 Å². The third kappa shape index (κ3) is 3.69. The van der Waals surface area contributed by atoms with Crippen LogP contribution in [-0.4, -0.2) is 19.8 Å². The molecular weight excluding hydrogens is 305 g/mol. The van der Waals surface area contributed by atoms with E-state index in [1.165, 1.54) is 12.1 Å². The Hall–Kier alpha value is -2.50. The van der Waals surface area contributed by atoms with Gasteiger partial charge in [0.25, 0.3) is 0 Å². The number of fused-ring (bicyclic) bond motifs is 1.